The van der Waals surface area contributed by atoms with Crippen LogP contribution in [0.1, 0.15) is 71.0 Å². The Kier molecular flexibility index (Phi) is 7.77. The topological polar surface area (TPSA) is 74.2 Å². The summed E-state index contributed by atoms with van der Waals surface area (Å²) in [6.45, 7) is 7.27. The summed E-state index contributed by atoms with van der Waals surface area (Å²) in [5.74, 6) is 1.22. The molecule has 1 atom stereocenters. The number of hydrogen-bond acceptors (Lipinski definition) is 5. The molecule has 116 valence electrons. The first-order valence-corrected chi connectivity index (χ1v) is 7.79. The van der Waals surface area contributed by atoms with Crippen LogP contribution in [0.2, 0.25) is 0 Å². The van der Waals surface area contributed by atoms with Crippen molar-refractivity contribution in [2.75, 3.05) is 13.2 Å². The van der Waals surface area contributed by atoms with E-state index in [4.69, 9.17) is 15.0 Å². The van der Waals surface area contributed by atoms with Crippen molar-refractivity contribution in [3.05, 3.63) is 11.7 Å². The third kappa shape index (κ3) is 6.01. The van der Waals surface area contributed by atoms with Gasteiger partial charge in [-0.25, -0.2) is 0 Å². The van der Waals surface area contributed by atoms with E-state index in [2.05, 4.69) is 24.0 Å². The number of aryl methyl sites for hydroxylation is 1. The van der Waals surface area contributed by atoms with Gasteiger partial charge in [-0.1, -0.05) is 44.7 Å². The van der Waals surface area contributed by atoms with Crippen LogP contribution in [0, 0.1) is 0 Å². The van der Waals surface area contributed by atoms with Crippen molar-refractivity contribution in [1.29, 1.82) is 0 Å². The first-order chi connectivity index (χ1) is 9.60. The molecule has 0 aliphatic carbocycles. The van der Waals surface area contributed by atoms with E-state index in [9.17, 15) is 0 Å². The second-order valence-electron chi connectivity index (χ2n) is 5.65. The molecular weight excluding hydrogens is 254 g/mol. The van der Waals surface area contributed by atoms with Gasteiger partial charge in [0.2, 0.25) is 5.89 Å². The Hall–Kier alpha value is -0.940. The summed E-state index contributed by atoms with van der Waals surface area (Å²) >= 11 is 0. The number of aromatic nitrogens is 2. The largest absolute Gasteiger partial charge is 0.379 e. The lowest BCUT2D eigenvalue weighted by atomic mass is 10.1. The molecule has 0 bridgehead atoms. The smallest absolute Gasteiger partial charge is 0.226 e. The maximum absolute atomic E-state index is 6.18. The normalized spacial score (nSPS) is 14.4. The van der Waals surface area contributed by atoms with Crippen LogP contribution in [0.5, 0.6) is 0 Å². The number of nitrogens with two attached hydrogens (primary N) is 1. The van der Waals surface area contributed by atoms with Gasteiger partial charge in [-0.3, -0.25) is 0 Å². The van der Waals surface area contributed by atoms with Crippen molar-refractivity contribution in [2.24, 2.45) is 5.73 Å². The van der Waals surface area contributed by atoms with Crippen LogP contribution in [-0.2, 0) is 16.7 Å². The SMILES string of the molecule is CCCCCCCc1nc(C(C)(N)COCCC)no1. The van der Waals surface area contributed by atoms with Crippen LogP contribution in [0.3, 0.4) is 0 Å². The summed E-state index contributed by atoms with van der Waals surface area (Å²) in [5, 5.41) is 3.99. The van der Waals surface area contributed by atoms with Gasteiger partial charge in [0, 0.05) is 13.0 Å². The summed E-state index contributed by atoms with van der Waals surface area (Å²) in [5.41, 5.74) is 5.50. The zero-order chi connectivity index (χ0) is 14.8. The third-order valence-corrected chi connectivity index (χ3v) is 3.22. The highest BCUT2D eigenvalue weighted by Crippen LogP contribution is 2.16. The molecule has 0 aliphatic heterocycles. The highest BCUT2D eigenvalue weighted by atomic mass is 16.5. The van der Waals surface area contributed by atoms with Crippen LogP contribution in [0.25, 0.3) is 0 Å². The lowest BCUT2D eigenvalue weighted by Crippen LogP contribution is -2.39. The highest BCUT2D eigenvalue weighted by Gasteiger charge is 2.27. The van der Waals surface area contributed by atoms with Crippen LogP contribution in [0.15, 0.2) is 4.52 Å². The molecule has 0 aliphatic rings. The number of ether oxygens (including phenoxy) is 1. The average Bonchev–Trinajstić information content (AvgIpc) is 2.88. The van der Waals surface area contributed by atoms with Gasteiger partial charge in [0.25, 0.3) is 0 Å². The van der Waals surface area contributed by atoms with Crippen molar-refractivity contribution in [2.45, 2.75) is 71.3 Å². The van der Waals surface area contributed by atoms with E-state index in [0.29, 0.717) is 24.9 Å². The molecule has 0 saturated carbocycles. The van der Waals surface area contributed by atoms with Gasteiger partial charge in [0.05, 0.1) is 6.61 Å². The fourth-order valence-electron chi connectivity index (χ4n) is 1.96. The molecule has 0 aromatic carbocycles. The summed E-state index contributed by atoms with van der Waals surface area (Å²) in [6, 6.07) is 0. The van der Waals surface area contributed by atoms with Crippen LogP contribution in [-0.4, -0.2) is 23.4 Å². The summed E-state index contributed by atoms with van der Waals surface area (Å²) in [4.78, 5) is 4.40. The Morgan fingerprint density at radius 1 is 1.15 bits per heavy atom. The van der Waals surface area contributed by atoms with Gasteiger partial charge in [-0.05, 0) is 19.8 Å². The standard InChI is InChI=1S/C15H29N3O2/c1-4-6-7-8-9-10-13-17-14(18-20-13)15(3,16)12-19-11-5-2/h4-12,16H2,1-3H3. The minimum atomic E-state index is -0.681. The van der Waals surface area contributed by atoms with Gasteiger partial charge < -0.3 is 15.0 Å². The van der Waals surface area contributed by atoms with Gasteiger partial charge in [-0.15, -0.1) is 0 Å². The lowest BCUT2D eigenvalue weighted by Gasteiger charge is -2.19. The second kappa shape index (κ2) is 9.08. The fourth-order valence-corrected chi connectivity index (χ4v) is 1.96. The molecular formula is C15H29N3O2. The Morgan fingerprint density at radius 3 is 2.60 bits per heavy atom. The molecule has 0 radical (unpaired) electrons. The van der Waals surface area contributed by atoms with Gasteiger partial charge in [-0.2, -0.15) is 4.98 Å². The minimum Gasteiger partial charge on any atom is -0.379 e. The van der Waals surface area contributed by atoms with Gasteiger partial charge in [0.1, 0.15) is 5.54 Å². The maximum Gasteiger partial charge on any atom is 0.226 e. The minimum absolute atomic E-state index is 0.413. The summed E-state index contributed by atoms with van der Waals surface area (Å²) < 4.78 is 10.8. The molecule has 20 heavy (non-hydrogen) atoms. The zero-order valence-electron chi connectivity index (χ0n) is 13.2. The number of nitrogens with zero attached hydrogens (tertiary/aromatic N) is 2. The van der Waals surface area contributed by atoms with Crippen LogP contribution >= 0.6 is 0 Å². The molecule has 2 N–H and O–H groups in total. The van der Waals surface area contributed by atoms with Crippen LogP contribution in [0.4, 0.5) is 0 Å². The van der Waals surface area contributed by atoms with E-state index in [0.717, 1.165) is 19.3 Å². The van der Waals surface area contributed by atoms with E-state index in [1.54, 1.807) is 0 Å². The molecule has 1 unspecified atom stereocenters. The Balaban J connectivity index is 2.37. The van der Waals surface area contributed by atoms with Gasteiger partial charge in [0.15, 0.2) is 5.82 Å². The lowest BCUT2D eigenvalue weighted by molar-refractivity contribution is 0.0867. The van der Waals surface area contributed by atoms with E-state index in [1.807, 2.05) is 6.92 Å². The number of hydrogen-bond donors (Lipinski definition) is 1. The Labute approximate surface area is 122 Å². The molecule has 0 spiro atoms. The van der Waals surface area contributed by atoms with E-state index >= 15 is 0 Å². The Morgan fingerprint density at radius 2 is 1.90 bits per heavy atom. The monoisotopic (exact) mass is 283 g/mol. The maximum atomic E-state index is 6.18. The first kappa shape index (κ1) is 17.1. The van der Waals surface area contributed by atoms with E-state index in [-0.39, 0.29) is 0 Å². The molecule has 5 nitrogen and oxygen atoms in total. The first-order valence-electron chi connectivity index (χ1n) is 7.79. The van der Waals surface area contributed by atoms with Crippen molar-refractivity contribution in [3.8, 4) is 0 Å². The Bertz CT molecular complexity index is 364. The average molecular weight is 283 g/mol. The van der Waals surface area contributed by atoms with Crippen molar-refractivity contribution in [1.82, 2.24) is 10.1 Å². The van der Waals surface area contributed by atoms with E-state index < -0.39 is 5.54 Å². The molecule has 5 heteroatoms. The summed E-state index contributed by atoms with van der Waals surface area (Å²) in [7, 11) is 0. The molecule has 0 saturated heterocycles. The molecule has 0 fully saturated rings. The zero-order valence-corrected chi connectivity index (χ0v) is 13.2. The fraction of sp³-hybridized carbons (Fsp3) is 0.867. The van der Waals surface area contributed by atoms with Crippen molar-refractivity contribution in [3.63, 3.8) is 0 Å². The van der Waals surface area contributed by atoms with Gasteiger partial charge >= 0.3 is 0 Å². The third-order valence-electron chi connectivity index (χ3n) is 3.22. The predicted octanol–water partition coefficient (Wildman–Crippen LogP) is 3.18. The quantitative estimate of drug-likeness (QED) is 0.631. The highest BCUT2D eigenvalue weighted by molar-refractivity contribution is 5.01. The second-order valence-corrected chi connectivity index (χ2v) is 5.65. The number of rotatable bonds is 11. The van der Waals surface area contributed by atoms with Crippen molar-refractivity contribution < 1.29 is 9.26 Å². The predicted molar refractivity (Wildman–Crippen MR) is 79.4 cm³/mol. The molecule has 1 aromatic heterocycles. The molecule has 0 amide bonds. The summed E-state index contributed by atoms with van der Waals surface area (Å²) in [6.07, 6.45) is 7.95. The van der Waals surface area contributed by atoms with E-state index in [1.165, 1.54) is 25.7 Å². The number of unbranched alkanes of at least 4 members (excludes halogenated alkanes) is 4. The molecule has 1 rings (SSSR count). The van der Waals surface area contributed by atoms with Crippen LogP contribution < -0.4 is 5.73 Å². The molecule has 1 heterocycles. The molecule has 1 aromatic rings. The van der Waals surface area contributed by atoms with Crippen molar-refractivity contribution >= 4 is 0 Å².